The van der Waals surface area contributed by atoms with Crippen molar-refractivity contribution in [1.82, 2.24) is 5.32 Å². The van der Waals surface area contributed by atoms with Crippen molar-refractivity contribution in [1.29, 1.82) is 0 Å². The highest BCUT2D eigenvalue weighted by Crippen LogP contribution is 2.32. The Morgan fingerprint density at radius 1 is 1.40 bits per heavy atom. The van der Waals surface area contributed by atoms with E-state index in [-0.39, 0.29) is 5.91 Å². The number of anilines is 1. The molecule has 1 unspecified atom stereocenters. The summed E-state index contributed by atoms with van der Waals surface area (Å²) in [5, 5.41) is 5.98. The Bertz CT molecular complexity index is 476. The molecule has 0 aliphatic carbocycles. The standard InChI is InChI=1S/C14H18F2N2OS/c1-14(8-4-5-9-17-14)12(19)18-10-6-2-3-7-11(10)20-13(15)16/h2-3,6-7,13,17H,4-5,8-9H2,1H3,(H,18,19). The van der Waals surface area contributed by atoms with Crippen molar-refractivity contribution in [3.8, 4) is 0 Å². The van der Waals surface area contributed by atoms with E-state index in [1.54, 1.807) is 24.3 Å². The van der Waals surface area contributed by atoms with Gasteiger partial charge >= 0.3 is 0 Å². The second-order valence-electron chi connectivity index (χ2n) is 5.04. The van der Waals surface area contributed by atoms with Gasteiger partial charge in [0.15, 0.2) is 0 Å². The Morgan fingerprint density at radius 2 is 2.15 bits per heavy atom. The molecule has 0 radical (unpaired) electrons. The number of amides is 1. The number of para-hydroxylation sites is 1. The van der Waals surface area contributed by atoms with E-state index >= 15 is 0 Å². The summed E-state index contributed by atoms with van der Waals surface area (Å²) in [5.41, 5.74) is -0.183. The first-order chi connectivity index (χ1) is 9.51. The second kappa shape index (κ2) is 6.54. The van der Waals surface area contributed by atoms with Crippen LogP contribution in [0.3, 0.4) is 0 Å². The largest absolute Gasteiger partial charge is 0.323 e. The van der Waals surface area contributed by atoms with Gasteiger partial charge < -0.3 is 10.6 Å². The number of thioether (sulfide) groups is 1. The Hall–Kier alpha value is -1.14. The van der Waals surface area contributed by atoms with Crippen LogP contribution in [0.4, 0.5) is 14.5 Å². The predicted molar refractivity (Wildman–Crippen MR) is 77.2 cm³/mol. The molecule has 2 rings (SSSR count). The maximum absolute atomic E-state index is 12.5. The first kappa shape index (κ1) is 15.3. The number of hydrogen-bond acceptors (Lipinski definition) is 3. The van der Waals surface area contributed by atoms with E-state index in [9.17, 15) is 13.6 Å². The average Bonchev–Trinajstić information content (AvgIpc) is 2.41. The zero-order valence-corrected chi connectivity index (χ0v) is 12.1. The van der Waals surface area contributed by atoms with Crippen molar-refractivity contribution in [2.75, 3.05) is 11.9 Å². The van der Waals surface area contributed by atoms with Gasteiger partial charge in [-0.25, -0.2) is 0 Å². The van der Waals surface area contributed by atoms with Crippen LogP contribution in [0, 0.1) is 0 Å². The van der Waals surface area contributed by atoms with Gasteiger partial charge in [-0.1, -0.05) is 23.9 Å². The molecule has 1 fully saturated rings. The molecule has 110 valence electrons. The van der Waals surface area contributed by atoms with Gasteiger partial charge in [0.2, 0.25) is 5.91 Å². The molecule has 0 saturated carbocycles. The number of hydrogen-bond donors (Lipinski definition) is 2. The zero-order valence-electron chi connectivity index (χ0n) is 11.3. The summed E-state index contributed by atoms with van der Waals surface area (Å²) in [6.45, 7) is 2.65. The lowest BCUT2D eigenvalue weighted by atomic mass is 9.90. The van der Waals surface area contributed by atoms with Crippen molar-refractivity contribution < 1.29 is 13.6 Å². The highest BCUT2D eigenvalue weighted by atomic mass is 32.2. The summed E-state index contributed by atoms with van der Waals surface area (Å²) in [7, 11) is 0. The Kier molecular flexibility index (Phi) is 4.99. The second-order valence-corrected chi connectivity index (χ2v) is 6.08. The van der Waals surface area contributed by atoms with Gasteiger partial charge in [-0.05, 0) is 44.9 Å². The fourth-order valence-corrected chi connectivity index (χ4v) is 2.87. The molecular weight excluding hydrogens is 282 g/mol. The lowest BCUT2D eigenvalue weighted by molar-refractivity contribution is -0.122. The molecular formula is C14H18F2N2OS. The van der Waals surface area contributed by atoms with Gasteiger partial charge in [0.1, 0.15) is 0 Å². The number of piperidine rings is 1. The Labute approximate surface area is 121 Å². The number of halogens is 2. The van der Waals surface area contributed by atoms with Crippen molar-refractivity contribution in [3.63, 3.8) is 0 Å². The van der Waals surface area contributed by atoms with Gasteiger partial charge in [-0.15, -0.1) is 0 Å². The smallest absolute Gasteiger partial charge is 0.288 e. The summed E-state index contributed by atoms with van der Waals surface area (Å²) in [4.78, 5) is 12.7. The first-order valence-electron chi connectivity index (χ1n) is 6.61. The van der Waals surface area contributed by atoms with Gasteiger partial charge in [-0.3, -0.25) is 4.79 Å². The highest BCUT2D eigenvalue weighted by Gasteiger charge is 2.34. The van der Waals surface area contributed by atoms with E-state index in [2.05, 4.69) is 10.6 Å². The van der Waals surface area contributed by atoms with E-state index in [0.29, 0.717) is 22.3 Å². The van der Waals surface area contributed by atoms with Crippen molar-refractivity contribution in [3.05, 3.63) is 24.3 Å². The van der Waals surface area contributed by atoms with E-state index in [0.717, 1.165) is 25.8 Å². The van der Waals surface area contributed by atoms with Crippen LogP contribution < -0.4 is 10.6 Å². The molecule has 0 bridgehead atoms. The summed E-state index contributed by atoms with van der Waals surface area (Å²) < 4.78 is 25.0. The van der Waals surface area contributed by atoms with Gasteiger partial charge in [-0.2, -0.15) is 8.78 Å². The first-order valence-corrected chi connectivity index (χ1v) is 7.49. The molecule has 1 saturated heterocycles. The Balaban J connectivity index is 2.11. The van der Waals surface area contributed by atoms with Gasteiger partial charge in [0.25, 0.3) is 5.76 Å². The normalized spacial score (nSPS) is 22.8. The molecule has 1 amide bonds. The van der Waals surface area contributed by atoms with E-state index < -0.39 is 11.3 Å². The summed E-state index contributed by atoms with van der Waals surface area (Å²) >= 11 is 0.444. The monoisotopic (exact) mass is 300 g/mol. The summed E-state index contributed by atoms with van der Waals surface area (Å²) in [6.07, 6.45) is 2.80. The van der Waals surface area contributed by atoms with Crippen molar-refractivity contribution >= 4 is 23.4 Å². The van der Waals surface area contributed by atoms with Crippen LogP contribution in [0.15, 0.2) is 29.2 Å². The maximum Gasteiger partial charge on any atom is 0.288 e. The lowest BCUT2D eigenvalue weighted by Crippen LogP contribution is -2.54. The SMILES string of the molecule is CC1(C(=O)Nc2ccccc2SC(F)F)CCCCN1. The third-order valence-electron chi connectivity index (χ3n) is 3.47. The van der Waals surface area contributed by atoms with Crippen molar-refractivity contribution in [2.24, 2.45) is 0 Å². The van der Waals surface area contributed by atoms with E-state index in [4.69, 9.17) is 0 Å². The molecule has 1 heterocycles. The number of benzene rings is 1. The fraction of sp³-hybridized carbons (Fsp3) is 0.500. The minimum absolute atomic E-state index is 0.167. The highest BCUT2D eigenvalue weighted by molar-refractivity contribution is 7.99. The van der Waals surface area contributed by atoms with Crippen LogP contribution in [0.5, 0.6) is 0 Å². The molecule has 6 heteroatoms. The molecule has 1 aromatic carbocycles. The summed E-state index contributed by atoms with van der Waals surface area (Å²) in [6, 6.07) is 6.64. The van der Waals surface area contributed by atoms with Crippen molar-refractivity contribution in [2.45, 2.75) is 42.4 Å². The lowest BCUT2D eigenvalue weighted by Gasteiger charge is -2.33. The molecule has 1 aromatic rings. The molecule has 2 N–H and O–H groups in total. The molecule has 0 spiro atoms. The number of alkyl halides is 2. The molecule has 1 aliphatic heterocycles. The van der Waals surface area contributed by atoms with Crippen LogP contribution >= 0.6 is 11.8 Å². The van der Waals surface area contributed by atoms with Crippen LogP contribution in [0.25, 0.3) is 0 Å². The maximum atomic E-state index is 12.5. The predicted octanol–water partition coefficient (Wildman–Crippen LogP) is 3.47. The Morgan fingerprint density at radius 3 is 2.80 bits per heavy atom. The molecule has 0 aromatic heterocycles. The van der Waals surface area contributed by atoms with Gasteiger partial charge in [0.05, 0.1) is 11.2 Å². The van der Waals surface area contributed by atoms with E-state index in [1.165, 1.54) is 0 Å². The number of carbonyl (C=O) groups is 1. The van der Waals surface area contributed by atoms with Crippen LogP contribution in [0.1, 0.15) is 26.2 Å². The van der Waals surface area contributed by atoms with Crippen LogP contribution in [-0.4, -0.2) is 23.7 Å². The number of rotatable bonds is 4. The third-order valence-corrected chi connectivity index (χ3v) is 4.26. The molecule has 20 heavy (non-hydrogen) atoms. The summed E-state index contributed by atoms with van der Waals surface area (Å²) in [5.74, 6) is -2.67. The molecule has 1 atom stereocenters. The third kappa shape index (κ3) is 3.70. The fourth-order valence-electron chi connectivity index (χ4n) is 2.28. The van der Waals surface area contributed by atoms with Gasteiger partial charge in [0, 0.05) is 4.90 Å². The quantitative estimate of drug-likeness (QED) is 0.837. The number of carbonyl (C=O) groups excluding carboxylic acids is 1. The molecule has 3 nitrogen and oxygen atoms in total. The van der Waals surface area contributed by atoms with Crippen LogP contribution in [0.2, 0.25) is 0 Å². The topological polar surface area (TPSA) is 41.1 Å². The number of nitrogens with one attached hydrogen (secondary N) is 2. The minimum atomic E-state index is -2.50. The zero-order chi connectivity index (χ0) is 14.6. The average molecular weight is 300 g/mol. The minimum Gasteiger partial charge on any atom is -0.323 e. The van der Waals surface area contributed by atoms with Crippen LogP contribution in [-0.2, 0) is 4.79 Å². The molecule has 1 aliphatic rings. The van der Waals surface area contributed by atoms with E-state index in [1.807, 2.05) is 6.92 Å².